The molecule has 0 aliphatic heterocycles. The van der Waals surface area contributed by atoms with E-state index in [0.717, 1.165) is 12.8 Å². The van der Waals surface area contributed by atoms with Crippen LogP contribution in [-0.2, 0) is 4.74 Å². The summed E-state index contributed by atoms with van der Waals surface area (Å²) >= 11 is 12.3. The minimum Gasteiger partial charge on any atom is -0.444 e. The van der Waals surface area contributed by atoms with Crippen molar-refractivity contribution in [3.8, 4) is 11.3 Å². The molecule has 28 heavy (non-hydrogen) atoms. The molecule has 0 spiro atoms. The second kappa shape index (κ2) is 9.80. The van der Waals surface area contributed by atoms with E-state index >= 15 is 0 Å². The van der Waals surface area contributed by atoms with Gasteiger partial charge >= 0.3 is 6.09 Å². The fourth-order valence-electron chi connectivity index (χ4n) is 2.37. The maximum atomic E-state index is 11.6. The molecule has 0 aliphatic carbocycles. The van der Waals surface area contributed by atoms with Crippen molar-refractivity contribution in [3.63, 3.8) is 0 Å². The lowest BCUT2D eigenvalue weighted by molar-refractivity contribution is 0.0527. The van der Waals surface area contributed by atoms with Crippen LogP contribution in [0.15, 0.2) is 24.3 Å². The first-order valence-electron chi connectivity index (χ1n) is 8.95. The third-order valence-electron chi connectivity index (χ3n) is 3.55. The summed E-state index contributed by atoms with van der Waals surface area (Å²) in [6, 6.07) is 7.10. The Kier molecular flexibility index (Phi) is 7.71. The van der Waals surface area contributed by atoms with E-state index in [9.17, 15) is 4.79 Å². The number of nitrogens with two attached hydrogens (primary N) is 1. The molecule has 0 radical (unpaired) electrons. The van der Waals surface area contributed by atoms with Gasteiger partial charge in [-0.1, -0.05) is 35.3 Å². The highest BCUT2D eigenvalue weighted by Crippen LogP contribution is 2.33. The van der Waals surface area contributed by atoms with Crippen molar-refractivity contribution in [3.05, 3.63) is 34.3 Å². The summed E-state index contributed by atoms with van der Waals surface area (Å²) in [4.78, 5) is 20.0. The smallest absolute Gasteiger partial charge is 0.407 e. The molecule has 4 N–H and O–H groups in total. The van der Waals surface area contributed by atoms with Crippen LogP contribution in [0.3, 0.4) is 0 Å². The molecule has 2 aromatic rings. The number of alkyl carbamates (subject to hydrolysis) is 1. The average molecular weight is 426 g/mol. The Labute approximate surface area is 175 Å². The zero-order valence-corrected chi connectivity index (χ0v) is 17.7. The van der Waals surface area contributed by atoms with Gasteiger partial charge in [0.15, 0.2) is 0 Å². The van der Waals surface area contributed by atoms with E-state index in [2.05, 4.69) is 20.6 Å². The number of nitrogen functional groups attached to an aromatic ring is 1. The SMILES string of the molecule is CC(C)(C)OC(=O)NCCCCNc1cc(-c2cccc(Cl)c2Cl)nc(N)n1. The summed E-state index contributed by atoms with van der Waals surface area (Å²) in [6.45, 7) is 6.68. The normalized spacial score (nSPS) is 11.2. The monoisotopic (exact) mass is 425 g/mol. The molecule has 1 heterocycles. The number of carbonyl (C=O) groups is 1. The number of ether oxygens (including phenoxy) is 1. The van der Waals surface area contributed by atoms with E-state index < -0.39 is 11.7 Å². The van der Waals surface area contributed by atoms with Gasteiger partial charge in [0.2, 0.25) is 5.95 Å². The Hall–Kier alpha value is -2.25. The molecule has 0 saturated carbocycles. The van der Waals surface area contributed by atoms with E-state index in [1.807, 2.05) is 26.8 Å². The summed E-state index contributed by atoms with van der Waals surface area (Å²) in [5.74, 6) is 0.737. The largest absolute Gasteiger partial charge is 0.444 e. The van der Waals surface area contributed by atoms with Crippen LogP contribution in [-0.4, -0.2) is 34.8 Å². The van der Waals surface area contributed by atoms with Crippen LogP contribution in [0, 0.1) is 0 Å². The minimum atomic E-state index is -0.498. The molecule has 152 valence electrons. The lowest BCUT2D eigenvalue weighted by atomic mass is 10.1. The summed E-state index contributed by atoms with van der Waals surface area (Å²) in [7, 11) is 0. The number of anilines is 2. The molecule has 9 heteroatoms. The minimum absolute atomic E-state index is 0.141. The maximum Gasteiger partial charge on any atom is 0.407 e. The van der Waals surface area contributed by atoms with Gasteiger partial charge in [-0.3, -0.25) is 0 Å². The van der Waals surface area contributed by atoms with Crippen LogP contribution in [0.25, 0.3) is 11.3 Å². The van der Waals surface area contributed by atoms with Gasteiger partial charge in [0.25, 0.3) is 0 Å². The number of carbonyl (C=O) groups excluding carboxylic acids is 1. The Balaban J connectivity index is 1.84. The summed E-state index contributed by atoms with van der Waals surface area (Å²) in [5, 5.41) is 6.80. The van der Waals surface area contributed by atoms with Crippen molar-refractivity contribution in [2.45, 2.75) is 39.2 Å². The Morgan fingerprint density at radius 2 is 1.89 bits per heavy atom. The van der Waals surface area contributed by atoms with E-state index in [0.29, 0.717) is 40.2 Å². The zero-order valence-electron chi connectivity index (χ0n) is 16.2. The Morgan fingerprint density at radius 1 is 1.18 bits per heavy atom. The van der Waals surface area contributed by atoms with Crippen LogP contribution in [0.2, 0.25) is 10.0 Å². The molecular weight excluding hydrogens is 401 g/mol. The number of hydrogen-bond acceptors (Lipinski definition) is 6. The van der Waals surface area contributed by atoms with E-state index in [-0.39, 0.29) is 5.95 Å². The van der Waals surface area contributed by atoms with E-state index in [4.69, 9.17) is 33.7 Å². The highest BCUT2D eigenvalue weighted by Gasteiger charge is 2.15. The molecule has 0 aliphatic rings. The maximum absolute atomic E-state index is 11.6. The van der Waals surface area contributed by atoms with Crippen molar-refractivity contribution >= 4 is 41.1 Å². The molecule has 7 nitrogen and oxygen atoms in total. The van der Waals surface area contributed by atoms with Gasteiger partial charge < -0.3 is 21.1 Å². The first-order valence-corrected chi connectivity index (χ1v) is 9.71. The number of benzene rings is 1. The van der Waals surface area contributed by atoms with E-state index in [1.54, 1.807) is 18.2 Å². The Morgan fingerprint density at radius 3 is 2.61 bits per heavy atom. The third-order valence-corrected chi connectivity index (χ3v) is 4.37. The molecule has 0 atom stereocenters. The van der Waals surface area contributed by atoms with Crippen LogP contribution in [0.5, 0.6) is 0 Å². The third kappa shape index (κ3) is 7.05. The van der Waals surface area contributed by atoms with Crippen LogP contribution < -0.4 is 16.4 Å². The first kappa shape index (κ1) is 22.0. The van der Waals surface area contributed by atoms with Gasteiger partial charge in [-0.2, -0.15) is 4.98 Å². The number of nitrogens with zero attached hydrogens (tertiary/aromatic N) is 2. The highest BCUT2D eigenvalue weighted by molar-refractivity contribution is 6.43. The Bertz CT molecular complexity index is 824. The number of rotatable bonds is 7. The lowest BCUT2D eigenvalue weighted by Gasteiger charge is -2.19. The van der Waals surface area contributed by atoms with Crippen LogP contribution in [0.4, 0.5) is 16.6 Å². The predicted octanol–water partition coefficient (Wildman–Crippen LogP) is 4.75. The molecule has 1 aromatic heterocycles. The zero-order chi connectivity index (χ0) is 20.7. The van der Waals surface area contributed by atoms with Crippen molar-refractivity contribution in [2.24, 2.45) is 0 Å². The second-order valence-corrected chi connectivity index (χ2v) is 7.95. The number of nitrogens with one attached hydrogen (secondary N) is 2. The standard InChI is InChI=1S/C19H25Cl2N5O2/c1-19(2,3)28-18(27)24-10-5-4-9-23-15-11-14(25-17(22)26-15)12-7-6-8-13(20)16(12)21/h6-8,11H,4-5,9-10H2,1-3H3,(H,24,27)(H3,22,23,25,26). The topological polar surface area (TPSA) is 102 Å². The lowest BCUT2D eigenvalue weighted by Crippen LogP contribution is -2.33. The first-order chi connectivity index (χ1) is 13.2. The highest BCUT2D eigenvalue weighted by atomic mass is 35.5. The molecule has 0 unspecified atom stereocenters. The molecule has 0 saturated heterocycles. The van der Waals surface area contributed by atoms with Crippen LogP contribution in [0.1, 0.15) is 33.6 Å². The second-order valence-electron chi connectivity index (χ2n) is 7.16. The molecule has 1 aromatic carbocycles. The molecule has 0 bridgehead atoms. The van der Waals surface area contributed by atoms with Gasteiger partial charge in [0.05, 0.1) is 15.7 Å². The quantitative estimate of drug-likeness (QED) is 0.553. The van der Waals surface area contributed by atoms with Crippen molar-refractivity contribution in [2.75, 3.05) is 24.1 Å². The van der Waals surface area contributed by atoms with Crippen molar-refractivity contribution < 1.29 is 9.53 Å². The number of unbranched alkanes of at least 4 members (excludes halogenated alkanes) is 1. The number of amides is 1. The van der Waals surface area contributed by atoms with Gasteiger partial charge in [-0.15, -0.1) is 0 Å². The predicted molar refractivity (Wildman–Crippen MR) is 114 cm³/mol. The molecule has 0 fully saturated rings. The number of hydrogen-bond donors (Lipinski definition) is 3. The molecule has 1 amide bonds. The molecular formula is C19H25Cl2N5O2. The van der Waals surface area contributed by atoms with Gasteiger partial charge in [-0.25, -0.2) is 9.78 Å². The van der Waals surface area contributed by atoms with Gasteiger partial charge in [-0.05, 0) is 39.7 Å². The summed E-state index contributed by atoms with van der Waals surface area (Å²) in [6.07, 6.45) is 1.21. The fraction of sp³-hybridized carbons (Fsp3) is 0.421. The van der Waals surface area contributed by atoms with Gasteiger partial charge in [0, 0.05) is 24.7 Å². The molecule has 2 rings (SSSR count). The van der Waals surface area contributed by atoms with Crippen molar-refractivity contribution in [1.82, 2.24) is 15.3 Å². The van der Waals surface area contributed by atoms with Crippen LogP contribution >= 0.6 is 23.2 Å². The van der Waals surface area contributed by atoms with Crippen molar-refractivity contribution in [1.29, 1.82) is 0 Å². The average Bonchev–Trinajstić information content (AvgIpc) is 2.58. The fourth-order valence-corrected chi connectivity index (χ4v) is 2.76. The van der Waals surface area contributed by atoms with E-state index in [1.165, 1.54) is 0 Å². The number of aromatic nitrogens is 2. The summed E-state index contributed by atoms with van der Waals surface area (Å²) < 4.78 is 5.18. The summed E-state index contributed by atoms with van der Waals surface area (Å²) in [5.41, 5.74) is 6.60. The number of halogens is 2. The van der Waals surface area contributed by atoms with Gasteiger partial charge in [0.1, 0.15) is 11.4 Å².